The van der Waals surface area contributed by atoms with E-state index >= 15 is 0 Å². The maximum Gasteiger partial charge on any atom is 0.221 e. The maximum atomic E-state index is 10.2. The number of aliphatic imine (C=N–C) groups is 2. The van der Waals surface area contributed by atoms with Crippen LogP contribution in [0.2, 0.25) is 0 Å². The SMILES string of the molecule is Cc1nc(O)c2c(c1=C1C=NC=N1)=Nc1ccccc1-2.Cl. The van der Waals surface area contributed by atoms with Crippen LogP contribution < -0.4 is 10.6 Å². The van der Waals surface area contributed by atoms with E-state index in [9.17, 15) is 5.11 Å². The molecule has 0 radical (unpaired) electrons. The quantitative estimate of drug-likeness (QED) is 0.686. The summed E-state index contributed by atoms with van der Waals surface area (Å²) < 4.78 is 0. The summed E-state index contributed by atoms with van der Waals surface area (Å²) in [7, 11) is 0. The molecular weight excluding hydrogens is 288 g/mol. The molecule has 0 unspecified atom stereocenters. The molecule has 0 atom stereocenters. The number of aromatic nitrogens is 1. The van der Waals surface area contributed by atoms with E-state index in [1.807, 2.05) is 31.2 Å². The van der Waals surface area contributed by atoms with Crippen LogP contribution in [0.15, 0.2) is 39.2 Å². The first-order chi connectivity index (χ1) is 9.75. The summed E-state index contributed by atoms with van der Waals surface area (Å²) in [5.74, 6) is 0.00876. The lowest BCUT2D eigenvalue weighted by Gasteiger charge is -2.03. The van der Waals surface area contributed by atoms with Gasteiger partial charge in [0.1, 0.15) is 6.34 Å². The molecule has 0 spiro atoms. The number of aryl methyl sites for hydroxylation is 1. The topological polar surface area (TPSA) is 70.2 Å². The summed E-state index contributed by atoms with van der Waals surface area (Å²) in [6.45, 7) is 1.84. The highest BCUT2D eigenvalue weighted by Crippen LogP contribution is 2.35. The Labute approximate surface area is 126 Å². The normalized spacial score (nSPS) is 16.2. The molecule has 4 rings (SSSR count). The van der Waals surface area contributed by atoms with Crippen LogP contribution in [0.1, 0.15) is 5.69 Å². The molecule has 2 aliphatic heterocycles. The fourth-order valence-electron chi connectivity index (χ4n) is 2.60. The Balaban J connectivity index is 0.00000132. The fraction of sp³-hybridized carbons (Fsp3) is 0.0667. The third-order valence-electron chi connectivity index (χ3n) is 3.45. The van der Waals surface area contributed by atoms with Gasteiger partial charge in [0.25, 0.3) is 0 Å². The zero-order valence-electron chi connectivity index (χ0n) is 11.1. The molecule has 5 nitrogen and oxygen atoms in total. The highest BCUT2D eigenvalue weighted by atomic mass is 35.5. The van der Waals surface area contributed by atoms with Crippen molar-refractivity contribution in [3.05, 3.63) is 40.5 Å². The molecule has 21 heavy (non-hydrogen) atoms. The number of benzene rings is 1. The average Bonchev–Trinajstić information content (AvgIpc) is 3.05. The van der Waals surface area contributed by atoms with E-state index in [-0.39, 0.29) is 18.3 Å². The Hall–Kier alpha value is -2.53. The number of pyridine rings is 1. The van der Waals surface area contributed by atoms with Gasteiger partial charge in [-0.3, -0.25) is 0 Å². The Morgan fingerprint density at radius 3 is 2.71 bits per heavy atom. The van der Waals surface area contributed by atoms with Gasteiger partial charge in [0.05, 0.1) is 34.2 Å². The molecule has 1 aromatic heterocycles. The first-order valence-corrected chi connectivity index (χ1v) is 6.23. The van der Waals surface area contributed by atoms with Gasteiger partial charge in [-0.05, 0) is 13.0 Å². The summed E-state index contributed by atoms with van der Waals surface area (Å²) in [5, 5.41) is 11.7. The monoisotopic (exact) mass is 298 g/mol. The van der Waals surface area contributed by atoms with Crippen LogP contribution in [-0.4, -0.2) is 22.6 Å². The Morgan fingerprint density at radius 1 is 1.14 bits per heavy atom. The van der Waals surface area contributed by atoms with Crippen molar-refractivity contribution in [2.75, 3.05) is 0 Å². The van der Waals surface area contributed by atoms with Crippen molar-refractivity contribution >= 4 is 36.3 Å². The van der Waals surface area contributed by atoms with Gasteiger partial charge in [-0.15, -0.1) is 12.4 Å². The van der Waals surface area contributed by atoms with E-state index in [1.54, 1.807) is 6.21 Å². The standard InChI is InChI=1S/C15H10N4O.ClH/c1-8-12(11-6-16-7-17-11)14-13(15(20)18-8)9-4-2-3-5-10(9)19-14;/h2-7,20H,1H3;1H. The first-order valence-electron chi connectivity index (χ1n) is 6.23. The highest BCUT2D eigenvalue weighted by Gasteiger charge is 2.21. The predicted octanol–water partition coefficient (Wildman–Crippen LogP) is 1.67. The van der Waals surface area contributed by atoms with Gasteiger partial charge in [0, 0.05) is 10.8 Å². The number of aromatic hydroxyl groups is 1. The second kappa shape index (κ2) is 4.79. The number of rotatable bonds is 0. The summed E-state index contributed by atoms with van der Waals surface area (Å²) in [6.07, 6.45) is 3.18. The summed E-state index contributed by atoms with van der Waals surface area (Å²) in [4.78, 5) is 17.1. The van der Waals surface area contributed by atoms with Crippen molar-refractivity contribution in [1.29, 1.82) is 0 Å². The largest absolute Gasteiger partial charge is 0.493 e. The van der Waals surface area contributed by atoms with Crippen LogP contribution in [0.5, 0.6) is 5.88 Å². The smallest absolute Gasteiger partial charge is 0.221 e. The number of hydrogen-bond donors (Lipinski definition) is 1. The molecule has 2 aromatic rings. The van der Waals surface area contributed by atoms with Gasteiger partial charge in [-0.2, -0.15) is 0 Å². The second-order valence-corrected chi connectivity index (χ2v) is 4.66. The van der Waals surface area contributed by atoms with Crippen molar-refractivity contribution < 1.29 is 5.11 Å². The van der Waals surface area contributed by atoms with Gasteiger partial charge in [-0.1, -0.05) is 18.2 Å². The molecule has 6 heteroatoms. The Bertz CT molecular complexity index is 917. The molecule has 1 aromatic carbocycles. The number of para-hydroxylation sites is 1. The molecule has 0 bridgehead atoms. The minimum atomic E-state index is 0. The van der Waals surface area contributed by atoms with Crippen molar-refractivity contribution in [3.8, 4) is 17.0 Å². The van der Waals surface area contributed by atoms with Crippen molar-refractivity contribution in [2.45, 2.75) is 6.92 Å². The maximum absolute atomic E-state index is 10.2. The van der Waals surface area contributed by atoms with Crippen LogP contribution in [0.4, 0.5) is 5.69 Å². The van der Waals surface area contributed by atoms with E-state index in [0.717, 1.165) is 27.5 Å². The predicted molar refractivity (Wildman–Crippen MR) is 84.2 cm³/mol. The number of hydrogen-bond acceptors (Lipinski definition) is 5. The van der Waals surface area contributed by atoms with Crippen molar-refractivity contribution in [3.63, 3.8) is 0 Å². The van der Waals surface area contributed by atoms with Gasteiger partial charge in [0.2, 0.25) is 5.88 Å². The van der Waals surface area contributed by atoms with Crippen LogP contribution in [0.3, 0.4) is 0 Å². The number of halogens is 1. The van der Waals surface area contributed by atoms with Crippen LogP contribution >= 0.6 is 12.4 Å². The lowest BCUT2D eigenvalue weighted by Crippen LogP contribution is -2.31. The zero-order chi connectivity index (χ0) is 13.7. The number of fused-ring (bicyclic) bond motifs is 3. The second-order valence-electron chi connectivity index (χ2n) is 4.66. The van der Waals surface area contributed by atoms with E-state index < -0.39 is 0 Å². The fourth-order valence-corrected chi connectivity index (χ4v) is 2.60. The van der Waals surface area contributed by atoms with Gasteiger partial charge >= 0.3 is 0 Å². The van der Waals surface area contributed by atoms with Gasteiger partial charge in [-0.25, -0.2) is 20.0 Å². The molecule has 104 valence electrons. The molecule has 0 aliphatic carbocycles. The van der Waals surface area contributed by atoms with Crippen LogP contribution in [0, 0.1) is 6.92 Å². The van der Waals surface area contributed by atoms with Crippen LogP contribution in [0.25, 0.3) is 16.8 Å². The molecule has 0 amide bonds. The molecule has 0 saturated heterocycles. The van der Waals surface area contributed by atoms with Gasteiger partial charge < -0.3 is 5.11 Å². The summed E-state index contributed by atoms with van der Waals surface area (Å²) in [6, 6.07) is 7.70. The van der Waals surface area contributed by atoms with Crippen molar-refractivity contribution in [1.82, 2.24) is 4.98 Å². The van der Waals surface area contributed by atoms with Crippen molar-refractivity contribution in [2.24, 2.45) is 15.0 Å². The lowest BCUT2D eigenvalue weighted by atomic mass is 10.1. The third kappa shape index (κ3) is 1.86. The molecule has 2 aliphatic rings. The van der Waals surface area contributed by atoms with E-state index in [0.29, 0.717) is 11.3 Å². The number of nitrogens with zero attached hydrogens (tertiary/aromatic N) is 4. The summed E-state index contributed by atoms with van der Waals surface area (Å²) >= 11 is 0. The molecular formula is C15H11ClN4O. The molecule has 3 heterocycles. The lowest BCUT2D eigenvalue weighted by molar-refractivity contribution is 0.453. The molecule has 0 fully saturated rings. The van der Waals surface area contributed by atoms with E-state index in [2.05, 4.69) is 20.0 Å². The molecule has 1 N–H and O–H groups in total. The summed E-state index contributed by atoms with van der Waals surface area (Å²) in [5.41, 5.74) is 3.82. The Kier molecular flexibility index (Phi) is 3.07. The molecule has 0 saturated carbocycles. The van der Waals surface area contributed by atoms with Crippen LogP contribution in [-0.2, 0) is 0 Å². The minimum absolute atomic E-state index is 0. The highest BCUT2D eigenvalue weighted by molar-refractivity contribution is 6.10. The first kappa shape index (κ1) is 13.5. The third-order valence-corrected chi connectivity index (χ3v) is 3.45. The Morgan fingerprint density at radius 2 is 1.95 bits per heavy atom. The minimum Gasteiger partial charge on any atom is -0.493 e. The average molecular weight is 299 g/mol. The van der Waals surface area contributed by atoms with Gasteiger partial charge in [0.15, 0.2) is 0 Å². The van der Waals surface area contributed by atoms with E-state index in [4.69, 9.17) is 0 Å². The van der Waals surface area contributed by atoms with E-state index in [1.165, 1.54) is 6.34 Å². The zero-order valence-corrected chi connectivity index (χ0v) is 11.9.